The molecule has 1 heterocycles. The van der Waals surface area contributed by atoms with Crippen LogP contribution in [-0.2, 0) is 10.2 Å². The minimum absolute atomic E-state index is 0.0168. The van der Waals surface area contributed by atoms with Gasteiger partial charge in [-0.3, -0.25) is 4.79 Å². The molecule has 0 bridgehead atoms. The molecule has 0 aliphatic carbocycles. The molecule has 0 unspecified atom stereocenters. The normalized spacial score (nSPS) is 11.4. The lowest BCUT2D eigenvalue weighted by molar-refractivity contribution is -0.138. The van der Waals surface area contributed by atoms with Crippen molar-refractivity contribution in [1.29, 1.82) is 0 Å². The highest BCUT2D eigenvalue weighted by Gasteiger charge is 2.26. The van der Waals surface area contributed by atoms with Gasteiger partial charge in [0.2, 0.25) is 0 Å². The van der Waals surface area contributed by atoms with E-state index in [2.05, 4.69) is 9.97 Å². The van der Waals surface area contributed by atoms with Crippen LogP contribution in [0.5, 0.6) is 0 Å². The van der Waals surface area contributed by atoms with E-state index in [1.807, 2.05) is 13.8 Å². The van der Waals surface area contributed by atoms with Gasteiger partial charge in [-0.2, -0.15) is 0 Å². The molecule has 0 spiro atoms. The predicted octanol–water partition coefficient (Wildman–Crippen LogP) is 1.12. The van der Waals surface area contributed by atoms with E-state index in [4.69, 9.17) is 10.8 Å². The highest BCUT2D eigenvalue weighted by Crippen LogP contribution is 2.26. The number of rotatable bonds is 3. The van der Waals surface area contributed by atoms with Crippen LogP contribution in [0.25, 0.3) is 0 Å². The number of carbonyl (C=O) groups is 1. The number of nitrogens with two attached hydrogens (primary N) is 1. The Hall–Kier alpha value is -1.65. The summed E-state index contributed by atoms with van der Waals surface area (Å²) in [4.78, 5) is 18.8. The molecule has 1 aromatic rings. The third kappa shape index (κ3) is 2.90. The van der Waals surface area contributed by atoms with Gasteiger partial charge in [-0.15, -0.1) is 0 Å². The largest absolute Gasteiger partial charge is 0.481 e. The van der Waals surface area contributed by atoms with Gasteiger partial charge in [0.25, 0.3) is 0 Å². The van der Waals surface area contributed by atoms with Gasteiger partial charge in [0.1, 0.15) is 11.6 Å². The maximum atomic E-state index is 10.7. The second kappa shape index (κ2) is 3.84. The third-order valence-electron chi connectivity index (χ3n) is 2.14. The van der Waals surface area contributed by atoms with Crippen LogP contribution < -0.4 is 5.73 Å². The van der Waals surface area contributed by atoms with Crippen LogP contribution in [0.15, 0.2) is 6.07 Å². The van der Waals surface area contributed by atoms with E-state index < -0.39 is 11.4 Å². The average Bonchev–Trinajstić information content (AvgIpc) is 1.99. The van der Waals surface area contributed by atoms with Gasteiger partial charge < -0.3 is 10.8 Å². The van der Waals surface area contributed by atoms with Crippen LogP contribution in [0, 0.1) is 6.92 Å². The Bertz CT molecular complexity index is 368. The Morgan fingerprint density at radius 1 is 1.53 bits per heavy atom. The molecule has 5 nitrogen and oxygen atoms in total. The summed E-state index contributed by atoms with van der Waals surface area (Å²) in [5.74, 6) is 0.0780. The standard InChI is InChI=1S/C10H15N3O2/c1-6-12-7(4-8(11)13-6)10(2,3)5-9(14)15/h4H,5H2,1-3H3,(H,14,15)(H2,11,12,13). The van der Waals surface area contributed by atoms with Crippen molar-refractivity contribution in [1.82, 2.24) is 9.97 Å². The molecule has 1 rings (SSSR count). The van der Waals surface area contributed by atoms with Crippen LogP contribution in [0.1, 0.15) is 31.8 Å². The zero-order valence-corrected chi connectivity index (χ0v) is 9.11. The van der Waals surface area contributed by atoms with Crippen molar-refractivity contribution >= 4 is 11.8 Å². The predicted molar refractivity (Wildman–Crippen MR) is 56.5 cm³/mol. The Morgan fingerprint density at radius 3 is 2.60 bits per heavy atom. The summed E-state index contributed by atoms with van der Waals surface area (Å²) >= 11 is 0. The molecule has 1 aromatic heterocycles. The van der Waals surface area contributed by atoms with E-state index in [-0.39, 0.29) is 6.42 Å². The molecule has 82 valence electrons. The van der Waals surface area contributed by atoms with Crippen molar-refractivity contribution in [3.8, 4) is 0 Å². The SMILES string of the molecule is Cc1nc(N)cc(C(C)(C)CC(=O)O)n1. The zero-order valence-electron chi connectivity index (χ0n) is 9.11. The van der Waals surface area contributed by atoms with Crippen LogP contribution >= 0.6 is 0 Å². The molecule has 15 heavy (non-hydrogen) atoms. The minimum Gasteiger partial charge on any atom is -0.481 e. The molecule has 0 radical (unpaired) electrons. The van der Waals surface area contributed by atoms with Crippen LogP contribution in [0.2, 0.25) is 0 Å². The minimum atomic E-state index is -0.852. The molecular formula is C10H15N3O2. The van der Waals surface area contributed by atoms with Crippen molar-refractivity contribution in [3.05, 3.63) is 17.6 Å². The first-order chi connectivity index (χ1) is 6.81. The molecule has 0 aliphatic heterocycles. The van der Waals surface area contributed by atoms with Crippen molar-refractivity contribution in [2.24, 2.45) is 0 Å². The van der Waals surface area contributed by atoms with Crippen LogP contribution in [-0.4, -0.2) is 21.0 Å². The second-order valence-electron chi connectivity index (χ2n) is 4.18. The number of aryl methyl sites for hydroxylation is 1. The van der Waals surface area contributed by atoms with Crippen molar-refractivity contribution < 1.29 is 9.90 Å². The number of carboxylic acids is 1. The van der Waals surface area contributed by atoms with Gasteiger partial charge in [-0.1, -0.05) is 13.8 Å². The fraction of sp³-hybridized carbons (Fsp3) is 0.500. The number of nitrogens with zero attached hydrogens (tertiary/aromatic N) is 2. The molecule has 0 amide bonds. The van der Waals surface area contributed by atoms with Crippen LogP contribution in [0.4, 0.5) is 5.82 Å². The number of aromatic nitrogens is 2. The summed E-state index contributed by atoms with van der Waals surface area (Å²) < 4.78 is 0. The van der Waals surface area contributed by atoms with E-state index in [1.54, 1.807) is 13.0 Å². The van der Waals surface area contributed by atoms with Gasteiger partial charge in [-0.05, 0) is 6.92 Å². The summed E-state index contributed by atoms with van der Waals surface area (Å²) in [6.07, 6.45) is 0.0168. The van der Waals surface area contributed by atoms with Gasteiger partial charge in [0.05, 0.1) is 12.1 Å². The highest BCUT2D eigenvalue weighted by atomic mass is 16.4. The van der Waals surface area contributed by atoms with Crippen molar-refractivity contribution in [2.75, 3.05) is 5.73 Å². The molecule has 3 N–H and O–H groups in total. The molecule has 0 atom stereocenters. The average molecular weight is 209 g/mol. The highest BCUT2D eigenvalue weighted by molar-refractivity contribution is 5.68. The maximum Gasteiger partial charge on any atom is 0.304 e. The Balaban J connectivity index is 3.08. The fourth-order valence-corrected chi connectivity index (χ4v) is 1.41. The summed E-state index contributed by atoms with van der Waals surface area (Å²) in [6.45, 7) is 5.38. The topological polar surface area (TPSA) is 89.1 Å². The fourth-order valence-electron chi connectivity index (χ4n) is 1.41. The van der Waals surface area contributed by atoms with Crippen molar-refractivity contribution in [3.63, 3.8) is 0 Å². The Morgan fingerprint density at radius 2 is 2.13 bits per heavy atom. The van der Waals surface area contributed by atoms with Gasteiger partial charge in [-0.25, -0.2) is 9.97 Å². The molecule has 5 heteroatoms. The molecule has 0 fully saturated rings. The first-order valence-corrected chi connectivity index (χ1v) is 4.65. The Kier molecular flexibility index (Phi) is 2.93. The molecular weight excluding hydrogens is 194 g/mol. The Labute approximate surface area is 88.4 Å². The van der Waals surface area contributed by atoms with Gasteiger partial charge in [0.15, 0.2) is 0 Å². The molecule has 0 saturated carbocycles. The smallest absolute Gasteiger partial charge is 0.304 e. The first kappa shape index (κ1) is 11.4. The maximum absolute atomic E-state index is 10.7. The van der Waals surface area contributed by atoms with Gasteiger partial charge >= 0.3 is 5.97 Å². The van der Waals surface area contributed by atoms with E-state index >= 15 is 0 Å². The quantitative estimate of drug-likeness (QED) is 0.778. The monoisotopic (exact) mass is 209 g/mol. The summed E-state index contributed by atoms with van der Waals surface area (Å²) in [5, 5.41) is 8.77. The van der Waals surface area contributed by atoms with Crippen LogP contribution in [0.3, 0.4) is 0 Å². The number of hydrogen-bond donors (Lipinski definition) is 2. The van der Waals surface area contributed by atoms with E-state index in [0.29, 0.717) is 17.3 Å². The summed E-state index contributed by atoms with van der Waals surface area (Å²) in [5.41, 5.74) is 5.72. The van der Waals surface area contributed by atoms with Crippen molar-refractivity contribution in [2.45, 2.75) is 32.6 Å². The number of carboxylic acid groups (broad SMARTS) is 1. The van der Waals surface area contributed by atoms with Gasteiger partial charge in [0, 0.05) is 11.5 Å². The second-order valence-corrected chi connectivity index (χ2v) is 4.18. The number of nitrogen functional groups attached to an aromatic ring is 1. The lowest BCUT2D eigenvalue weighted by Gasteiger charge is -2.22. The third-order valence-corrected chi connectivity index (χ3v) is 2.14. The molecule has 0 saturated heterocycles. The first-order valence-electron chi connectivity index (χ1n) is 4.65. The molecule has 0 aliphatic rings. The number of hydrogen-bond acceptors (Lipinski definition) is 4. The molecule has 0 aromatic carbocycles. The van der Waals surface area contributed by atoms with E-state index in [9.17, 15) is 4.79 Å². The van der Waals surface area contributed by atoms with E-state index in [1.165, 1.54) is 0 Å². The summed E-state index contributed by atoms with van der Waals surface area (Å²) in [7, 11) is 0. The number of aliphatic carboxylic acids is 1. The lowest BCUT2D eigenvalue weighted by atomic mass is 9.85. The zero-order chi connectivity index (χ0) is 11.6. The van der Waals surface area contributed by atoms with E-state index in [0.717, 1.165) is 0 Å². The lowest BCUT2D eigenvalue weighted by Crippen LogP contribution is -2.24. The summed E-state index contributed by atoms with van der Waals surface area (Å²) in [6, 6.07) is 1.62. The number of anilines is 1.